The van der Waals surface area contributed by atoms with Crippen molar-refractivity contribution < 1.29 is 4.79 Å². The average Bonchev–Trinajstić information content (AvgIpc) is 2.34. The maximum absolute atomic E-state index is 12.4. The summed E-state index contributed by atoms with van der Waals surface area (Å²) in [5.74, 6) is 0.269. The normalized spacial score (nSPS) is 20.3. The van der Waals surface area contributed by atoms with Crippen LogP contribution in [-0.4, -0.2) is 18.4 Å². The van der Waals surface area contributed by atoms with E-state index in [1.807, 2.05) is 13.0 Å². The van der Waals surface area contributed by atoms with Crippen LogP contribution in [0.1, 0.15) is 46.3 Å². The number of carbonyl (C=O) groups is 1. The zero-order valence-electron chi connectivity index (χ0n) is 11.0. The smallest absolute Gasteiger partial charge is 0.179 e. The van der Waals surface area contributed by atoms with Gasteiger partial charge in [-0.05, 0) is 62.9 Å². The van der Waals surface area contributed by atoms with Crippen LogP contribution in [0.4, 0.5) is 0 Å². The largest absolute Gasteiger partial charge is 0.307 e. The number of aryl methyl sites for hydroxylation is 3. The molecule has 0 aromatic heterocycles. The Labute approximate surface area is 103 Å². The molecule has 1 aliphatic heterocycles. The lowest BCUT2D eigenvalue weighted by atomic mass is 9.91. The van der Waals surface area contributed by atoms with Crippen molar-refractivity contribution in [2.24, 2.45) is 0 Å². The first kappa shape index (κ1) is 12.3. The topological polar surface area (TPSA) is 29.1 Å². The fourth-order valence-corrected chi connectivity index (χ4v) is 2.49. The van der Waals surface area contributed by atoms with E-state index in [4.69, 9.17) is 0 Å². The van der Waals surface area contributed by atoms with Gasteiger partial charge in [0, 0.05) is 5.56 Å². The fourth-order valence-electron chi connectivity index (χ4n) is 2.49. The minimum absolute atomic E-state index is 0.0320. The highest BCUT2D eigenvalue weighted by Gasteiger charge is 2.23. The van der Waals surface area contributed by atoms with Gasteiger partial charge in [-0.1, -0.05) is 12.5 Å². The first-order chi connectivity index (χ1) is 8.09. The maximum atomic E-state index is 12.4. The highest BCUT2D eigenvalue weighted by molar-refractivity contribution is 6.01. The van der Waals surface area contributed by atoms with Gasteiger partial charge in [0.05, 0.1) is 6.04 Å². The van der Waals surface area contributed by atoms with Gasteiger partial charge in [0.2, 0.25) is 0 Å². The molecule has 1 fully saturated rings. The summed E-state index contributed by atoms with van der Waals surface area (Å²) in [6, 6.07) is 4.19. The lowest BCUT2D eigenvalue weighted by Crippen LogP contribution is -2.40. The molecule has 0 spiro atoms. The summed E-state index contributed by atoms with van der Waals surface area (Å²) in [7, 11) is 0. The Balaban J connectivity index is 2.26. The molecule has 1 unspecified atom stereocenters. The molecule has 0 aliphatic carbocycles. The van der Waals surface area contributed by atoms with Gasteiger partial charge in [-0.3, -0.25) is 4.79 Å². The molecule has 1 N–H and O–H groups in total. The van der Waals surface area contributed by atoms with E-state index in [-0.39, 0.29) is 11.8 Å². The fraction of sp³-hybridized carbons (Fsp3) is 0.533. The van der Waals surface area contributed by atoms with Crippen LogP contribution in [0.3, 0.4) is 0 Å². The first-order valence-electron chi connectivity index (χ1n) is 6.45. The molecule has 2 nitrogen and oxygen atoms in total. The highest BCUT2D eigenvalue weighted by atomic mass is 16.1. The van der Waals surface area contributed by atoms with Crippen LogP contribution in [0.5, 0.6) is 0 Å². The van der Waals surface area contributed by atoms with Gasteiger partial charge in [0.15, 0.2) is 5.78 Å². The third kappa shape index (κ3) is 2.58. The number of hydrogen-bond donors (Lipinski definition) is 1. The van der Waals surface area contributed by atoms with Crippen molar-refractivity contribution in [2.45, 2.75) is 46.1 Å². The average molecular weight is 231 g/mol. The highest BCUT2D eigenvalue weighted by Crippen LogP contribution is 2.19. The molecule has 1 atom stereocenters. The molecule has 1 heterocycles. The van der Waals surface area contributed by atoms with E-state index in [0.717, 1.165) is 30.5 Å². The minimum Gasteiger partial charge on any atom is -0.307 e. The first-order valence-corrected chi connectivity index (χ1v) is 6.45. The Morgan fingerprint density at radius 1 is 1.12 bits per heavy atom. The summed E-state index contributed by atoms with van der Waals surface area (Å²) in [5.41, 5.74) is 4.46. The molecule has 17 heavy (non-hydrogen) atoms. The molecule has 92 valence electrons. The Bertz CT molecular complexity index is 431. The second-order valence-corrected chi connectivity index (χ2v) is 5.12. The lowest BCUT2D eigenvalue weighted by molar-refractivity contribution is 0.0926. The van der Waals surface area contributed by atoms with Gasteiger partial charge in [0.25, 0.3) is 0 Å². The van der Waals surface area contributed by atoms with Crippen molar-refractivity contribution in [3.63, 3.8) is 0 Å². The summed E-state index contributed by atoms with van der Waals surface area (Å²) >= 11 is 0. The third-order valence-corrected chi connectivity index (χ3v) is 3.73. The molecular formula is C15H21NO. The molecule has 1 saturated heterocycles. The third-order valence-electron chi connectivity index (χ3n) is 3.73. The Morgan fingerprint density at radius 2 is 1.82 bits per heavy atom. The predicted octanol–water partition coefficient (Wildman–Crippen LogP) is 2.94. The number of Topliss-reactive ketones (excluding diaryl/α,β-unsaturated/α-hetero) is 1. The van der Waals surface area contributed by atoms with Gasteiger partial charge in [0.1, 0.15) is 0 Å². The predicted molar refractivity (Wildman–Crippen MR) is 70.6 cm³/mol. The van der Waals surface area contributed by atoms with E-state index in [1.54, 1.807) is 0 Å². The van der Waals surface area contributed by atoms with Crippen LogP contribution >= 0.6 is 0 Å². The molecule has 0 bridgehead atoms. The van der Waals surface area contributed by atoms with Crippen molar-refractivity contribution in [3.05, 3.63) is 34.4 Å². The van der Waals surface area contributed by atoms with Crippen LogP contribution in [0.2, 0.25) is 0 Å². The van der Waals surface area contributed by atoms with Crippen LogP contribution in [-0.2, 0) is 0 Å². The van der Waals surface area contributed by atoms with Crippen LogP contribution in [0.25, 0.3) is 0 Å². The number of rotatable bonds is 2. The van der Waals surface area contributed by atoms with E-state index >= 15 is 0 Å². The number of nitrogens with one attached hydrogen (secondary N) is 1. The van der Waals surface area contributed by atoms with E-state index in [1.165, 1.54) is 17.5 Å². The maximum Gasteiger partial charge on any atom is 0.179 e. The molecule has 1 aliphatic rings. The number of ketones is 1. The SMILES string of the molecule is Cc1cc(C)c(C(=O)C2CCCCN2)cc1C. The van der Waals surface area contributed by atoms with Crippen LogP contribution < -0.4 is 5.32 Å². The molecule has 0 radical (unpaired) electrons. The van der Waals surface area contributed by atoms with Gasteiger partial charge < -0.3 is 5.32 Å². The number of benzene rings is 1. The van der Waals surface area contributed by atoms with E-state index in [0.29, 0.717) is 0 Å². The second kappa shape index (κ2) is 5.01. The molecule has 0 amide bonds. The summed E-state index contributed by atoms with van der Waals surface area (Å²) < 4.78 is 0. The summed E-state index contributed by atoms with van der Waals surface area (Å²) in [6.07, 6.45) is 3.33. The molecule has 1 aromatic carbocycles. The molecular weight excluding hydrogens is 210 g/mol. The Morgan fingerprint density at radius 3 is 2.47 bits per heavy atom. The molecule has 1 aromatic rings. The summed E-state index contributed by atoms with van der Waals surface area (Å²) in [5, 5.41) is 3.33. The summed E-state index contributed by atoms with van der Waals surface area (Å²) in [6.45, 7) is 7.16. The molecule has 0 saturated carbocycles. The van der Waals surface area contributed by atoms with E-state index < -0.39 is 0 Å². The molecule has 2 rings (SSSR count). The van der Waals surface area contributed by atoms with Crippen LogP contribution in [0, 0.1) is 20.8 Å². The Kier molecular flexibility index (Phi) is 3.63. The van der Waals surface area contributed by atoms with Gasteiger partial charge >= 0.3 is 0 Å². The number of carbonyl (C=O) groups excluding carboxylic acids is 1. The van der Waals surface area contributed by atoms with Crippen molar-refractivity contribution in [1.29, 1.82) is 0 Å². The molecule has 2 heteroatoms. The monoisotopic (exact) mass is 231 g/mol. The standard InChI is InChI=1S/C15H21NO/c1-10-8-12(3)13(9-11(10)2)15(17)14-6-4-5-7-16-14/h8-9,14,16H,4-7H2,1-3H3. The van der Waals surface area contributed by atoms with Crippen LogP contribution in [0.15, 0.2) is 12.1 Å². The number of hydrogen-bond acceptors (Lipinski definition) is 2. The minimum atomic E-state index is 0.0320. The summed E-state index contributed by atoms with van der Waals surface area (Å²) in [4.78, 5) is 12.4. The van der Waals surface area contributed by atoms with E-state index in [9.17, 15) is 4.79 Å². The van der Waals surface area contributed by atoms with Gasteiger partial charge in [-0.2, -0.15) is 0 Å². The van der Waals surface area contributed by atoms with Crippen molar-refractivity contribution in [3.8, 4) is 0 Å². The van der Waals surface area contributed by atoms with Gasteiger partial charge in [-0.15, -0.1) is 0 Å². The van der Waals surface area contributed by atoms with Gasteiger partial charge in [-0.25, -0.2) is 0 Å². The van der Waals surface area contributed by atoms with Crippen molar-refractivity contribution >= 4 is 5.78 Å². The second-order valence-electron chi connectivity index (χ2n) is 5.12. The quantitative estimate of drug-likeness (QED) is 0.793. The lowest BCUT2D eigenvalue weighted by Gasteiger charge is -2.23. The van der Waals surface area contributed by atoms with E-state index in [2.05, 4.69) is 25.2 Å². The van der Waals surface area contributed by atoms with Crippen molar-refractivity contribution in [1.82, 2.24) is 5.32 Å². The van der Waals surface area contributed by atoms with Crippen molar-refractivity contribution in [2.75, 3.05) is 6.54 Å². The zero-order valence-corrected chi connectivity index (χ0v) is 11.0. The Hall–Kier alpha value is -1.15. The zero-order chi connectivity index (χ0) is 12.4. The number of piperidine rings is 1.